The van der Waals surface area contributed by atoms with Crippen LogP contribution in [0, 0.1) is 0 Å². The van der Waals surface area contributed by atoms with Crippen molar-refractivity contribution in [2.75, 3.05) is 0 Å². The number of para-hydroxylation sites is 4. The van der Waals surface area contributed by atoms with Crippen LogP contribution in [-0.4, -0.2) is 24.1 Å². The van der Waals surface area contributed by atoms with E-state index in [4.69, 9.17) is 19.4 Å². The minimum atomic E-state index is 0.570. The summed E-state index contributed by atoms with van der Waals surface area (Å²) in [6.07, 6.45) is 0. The summed E-state index contributed by atoms with van der Waals surface area (Å²) in [5.74, 6) is 1.79. The Morgan fingerprint density at radius 1 is 0.328 bits per heavy atom. The van der Waals surface area contributed by atoms with Crippen molar-refractivity contribution in [1.82, 2.24) is 24.1 Å². The normalized spacial score (nSPS) is 11.9. The maximum atomic E-state index is 6.30. The van der Waals surface area contributed by atoms with E-state index in [1.165, 1.54) is 5.39 Å². The fraction of sp³-hybridized carbons (Fsp3) is 0. The molecular weight excluding hydrogens is 747 g/mol. The molecule has 9 aromatic carbocycles. The van der Waals surface area contributed by atoms with Gasteiger partial charge >= 0.3 is 0 Å². The van der Waals surface area contributed by atoms with E-state index in [1.807, 2.05) is 12.1 Å². The first-order valence-corrected chi connectivity index (χ1v) is 20.5. The Balaban J connectivity index is 1.03. The van der Waals surface area contributed by atoms with E-state index < -0.39 is 0 Å². The first-order chi connectivity index (χ1) is 30.2. The van der Waals surface area contributed by atoms with Crippen molar-refractivity contribution in [3.63, 3.8) is 0 Å². The average Bonchev–Trinajstić information content (AvgIpc) is 3.98. The summed E-state index contributed by atoms with van der Waals surface area (Å²) in [5, 5.41) is 9.10. The van der Waals surface area contributed by atoms with Gasteiger partial charge in [0, 0.05) is 49.1 Å². The van der Waals surface area contributed by atoms with Crippen LogP contribution in [0.15, 0.2) is 205 Å². The molecule has 13 aromatic rings. The molecule has 0 N–H and O–H groups in total. The summed E-state index contributed by atoms with van der Waals surface area (Å²) in [7, 11) is 0. The lowest BCUT2D eigenvalue weighted by Crippen LogP contribution is -2.06. The van der Waals surface area contributed by atoms with E-state index in [2.05, 4.69) is 197 Å². The molecule has 0 amide bonds. The molecule has 0 unspecified atom stereocenters. The SMILES string of the molecule is c1cc(-c2ccc3c(c2)oc2ccccc23)cc(-n2c3ccccc3c3ccc(-c4nc(-c5cccc6ccccc56)nc(-n5c6ccccc6c6ccccc65)n4)cc32)c1. The van der Waals surface area contributed by atoms with Gasteiger partial charge in [-0.05, 0) is 76.5 Å². The highest BCUT2D eigenvalue weighted by Gasteiger charge is 2.20. The van der Waals surface area contributed by atoms with Gasteiger partial charge in [0.25, 0.3) is 0 Å². The number of hydrogen-bond donors (Lipinski definition) is 0. The van der Waals surface area contributed by atoms with Crippen LogP contribution in [0.4, 0.5) is 0 Å². The molecular formula is C55H33N5O. The Kier molecular flexibility index (Phi) is 7.21. The maximum absolute atomic E-state index is 6.30. The van der Waals surface area contributed by atoms with E-state index in [-0.39, 0.29) is 0 Å². The molecule has 284 valence electrons. The molecule has 4 heterocycles. The minimum absolute atomic E-state index is 0.570. The highest BCUT2D eigenvalue weighted by atomic mass is 16.3. The Morgan fingerprint density at radius 3 is 1.67 bits per heavy atom. The zero-order valence-electron chi connectivity index (χ0n) is 32.7. The second-order valence-corrected chi connectivity index (χ2v) is 15.6. The van der Waals surface area contributed by atoms with Crippen molar-refractivity contribution < 1.29 is 4.42 Å². The number of fused-ring (bicyclic) bond motifs is 10. The molecule has 13 rings (SSSR count). The van der Waals surface area contributed by atoms with Crippen LogP contribution in [-0.2, 0) is 0 Å². The molecule has 0 spiro atoms. The number of benzene rings is 9. The Morgan fingerprint density at radius 2 is 0.885 bits per heavy atom. The van der Waals surface area contributed by atoms with Crippen LogP contribution < -0.4 is 0 Å². The molecule has 0 radical (unpaired) electrons. The average molecular weight is 780 g/mol. The molecule has 0 bridgehead atoms. The van der Waals surface area contributed by atoms with Crippen LogP contribution in [0.3, 0.4) is 0 Å². The fourth-order valence-corrected chi connectivity index (χ4v) is 9.39. The van der Waals surface area contributed by atoms with Crippen LogP contribution in [0.5, 0.6) is 0 Å². The highest BCUT2D eigenvalue weighted by molar-refractivity contribution is 6.11. The van der Waals surface area contributed by atoms with Crippen LogP contribution in [0.25, 0.3) is 122 Å². The van der Waals surface area contributed by atoms with E-state index >= 15 is 0 Å². The zero-order valence-corrected chi connectivity index (χ0v) is 32.7. The predicted octanol–water partition coefficient (Wildman–Crippen LogP) is 14.1. The van der Waals surface area contributed by atoms with Gasteiger partial charge in [0.05, 0.1) is 22.1 Å². The zero-order chi connectivity index (χ0) is 40.0. The molecule has 6 heteroatoms. The summed E-state index contributed by atoms with van der Waals surface area (Å²) < 4.78 is 10.8. The Hall–Kier alpha value is -8.35. The molecule has 0 saturated carbocycles. The van der Waals surface area contributed by atoms with Gasteiger partial charge in [-0.1, -0.05) is 146 Å². The summed E-state index contributed by atoms with van der Waals surface area (Å²) >= 11 is 0. The largest absolute Gasteiger partial charge is 0.456 e. The molecule has 0 aliphatic heterocycles. The quantitative estimate of drug-likeness (QED) is 0.175. The molecule has 0 fully saturated rings. The Labute approximate surface area is 349 Å². The van der Waals surface area contributed by atoms with Crippen molar-refractivity contribution >= 4 is 76.3 Å². The molecule has 0 aliphatic carbocycles. The van der Waals surface area contributed by atoms with Crippen molar-refractivity contribution in [2.45, 2.75) is 0 Å². The van der Waals surface area contributed by atoms with Crippen molar-refractivity contribution in [2.24, 2.45) is 0 Å². The standard InChI is InChI=1S/C55H33N5O/c1-2-17-39-34(13-1)14-12-22-46(39)54-56-53(57-55(58-54)60-48-24-8-4-18-40(48)41-19-5-9-25-49(41)60)37-28-29-43-42-20-3-7-23-47(42)59(50(43)32-37)38-16-11-15-35(31-38)36-27-30-45-44-21-6-10-26-51(44)61-52(45)33-36/h1-33H. The summed E-state index contributed by atoms with van der Waals surface area (Å²) in [5.41, 5.74) is 11.2. The molecule has 0 atom stereocenters. The highest BCUT2D eigenvalue weighted by Crippen LogP contribution is 2.38. The molecule has 61 heavy (non-hydrogen) atoms. The Bertz CT molecular complexity index is 3850. The second-order valence-electron chi connectivity index (χ2n) is 15.6. The van der Waals surface area contributed by atoms with E-state index in [0.29, 0.717) is 17.6 Å². The lowest BCUT2D eigenvalue weighted by molar-refractivity contribution is 0.669. The fourth-order valence-electron chi connectivity index (χ4n) is 9.39. The van der Waals surface area contributed by atoms with Crippen molar-refractivity contribution in [3.8, 4) is 45.5 Å². The number of rotatable bonds is 5. The lowest BCUT2D eigenvalue weighted by Gasteiger charge is -2.13. The number of hydrogen-bond acceptors (Lipinski definition) is 4. The maximum Gasteiger partial charge on any atom is 0.238 e. The van der Waals surface area contributed by atoms with Gasteiger partial charge in [-0.2, -0.15) is 9.97 Å². The topological polar surface area (TPSA) is 61.7 Å². The first kappa shape index (κ1) is 33.6. The van der Waals surface area contributed by atoms with Crippen LogP contribution in [0.1, 0.15) is 0 Å². The minimum Gasteiger partial charge on any atom is -0.456 e. The predicted molar refractivity (Wildman–Crippen MR) is 250 cm³/mol. The van der Waals surface area contributed by atoms with Gasteiger partial charge in [0.15, 0.2) is 11.6 Å². The van der Waals surface area contributed by atoms with Gasteiger partial charge in [-0.3, -0.25) is 4.57 Å². The van der Waals surface area contributed by atoms with E-state index in [0.717, 1.165) is 98.9 Å². The molecule has 4 aromatic heterocycles. The molecule has 0 aliphatic rings. The third-order valence-electron chi connectivity index (χ3n) is 12.2. The lowest BCUT2D eigenvalue weighted by atomic mass is 10.0. The van der Waals surface area contributed by atoms with Crippen LogP contribution >= 0.6 is 0 Å². The summed E-state index contributed by atoms with van der Waals surface area (Å²) in [6, 6.07) is 70.4. The first-order valence-electron chi connectivity index (χ1n) is 20.5. The monoisotopic (exact) mass is 779 g/mol. The second kappa shape index (κ2) is 13.1. The van der Waals surface area contributed by atoms with Gasteiger partial charge in [-0.15, -0.1) is 0 Å². The van der Waals surface area contributed by atoms with Crippen molar-refractivity contribution in [3.05, 3.63) is 200 Å². The molecule has 0 saturated heterocycles. The summed E-state index contributed by atoms with van der Waals surface area (Å²) in [6.45, 7) is 0. The third-order valence-corrected chi connectivity index (χ3v) is 12.2. The van der Waals surface area contributed by atoms with Gasteiger partial charge in [-0.25, -0.2) is 4.98 Å². The van der Waals surface area contributed by atoms with E-state index in [1.54, 1.807) is 0 Å². The number of aromatic nitrogens is 5. The molecule has 6 nitrogen and oxygen atoms in total. The van der Waals surface area contributed by atoms with Gasteiger partial charge in [0.1, 0.15) is 11.2 Å². The number of nitrogens with zero attached hydrogens (tertiary/aromatic N) is 5. The third kappa shape index (κ3) is 5.19. The summed E-state index contributed by atoms with van der Waals surface area (Å²) in [4.78, 5) is 15.9. The van der Waals surface area contributed by atoms with Gasteiger partial charge in [0.2, 0.25) is 5.95 Å². The van der Waals surface area contributed by atoms with Crippen molar-refractivity contribution in [1.29, 1.82) is 0 Å². The van der Waals surface area contributed by atoms with Crippen LogP contribution in [0.2, 0.25) is 0 Å². The number of furan rings is 1. The smallest absolute Gasteiger partial charge is 0.238 e. The van der Waals surface area contributed by atoms with Gasteiger partial charge < -0.3 is 8.98 Å². The van der Waals surface area contributed by atoms with E-state index in [9.17, 15) is 0 Å².